The molecule has 0 aliphatic carbocycles. The minimum atomic E-state index is -0.167. The van der Waals surface area contributed by atoms with E-state index in [0.717, 1.165) is 24.3 Å². The summed E-state index contributed by atoms with van der Waals surface area (Å²) in [5, 5.41) is 3.48. The number of hydrogen-bond donors (Lipinski definition) is 1. The Morgan fingerprint density at radius 2 is 1.90 bits per heavy atom. The van der Waals surface area contributed by atoms with E-state index in [1.807, 2.05) is 6.07 Å². The maximum absolute atomic E-state index is 13.1. The highest BCUT2D eigenvalue weighted by Gasteiger charge is 2.04. The summed E-state index contributed by atoms with van der Waals surface area (Å²) in [4.78, 5) is 1.21. The second kappa shape index (κ2) is 8.20. The minimum absolute atomic E-state index is 0.167. The summed E-state index contributed by atoms with van der Waals surface area (Å²) in [7, 11) is 0. The fourth-order valence-corrected chi connectivity index (χ4v) is 2.97. The second-order valence-corrected chi connectivity index (χ2v) is 6.21. The molecule has 0 aliphatic rings. The Labute approximate surface area is 131 Å². The maximum Gasteiger partial charge on any atom is 0.123 e. The van der Waals surface area contributed by atoms with Crippen molar-refractivity contribution < 1.29 is 4.39 Å². The normalized spacial score (nSPS) is 12.3. The molecule has 0 saturated heterocycles. The molecule has 21 heavy (non-hydrogen) atoms. The lowest BCUT2D eigenvalue weighted by Gasteiger charge is -2.14. The Hall–Kier alpha value is -1.32. The molecule has 0 fully saturated rings. The van der Waals surface area contributed by atoms with Gasteiger partial charge in [0.2, 0.25) is 0 Å². The van der Waals surface area contributed by atoms with Gasteiger partial charge in [-0.05, 0) is 55.3 Å². The number of nitrogens with one attached hydrogen (secondary N) is 1. The zero-order valence-corrected chi connectivity index (χ0v) is 13.4. The number of hydrogen-bond acceptors (Lipinski definition) is 2. The van der Waals surface area contributed by atoms with E-state index < -0.39 is 0 Å². The Bertz CT molecular complexity index is 553. The molecule has 0 amide bonds. The van der Waals surface area contributed by atoms with E-state index in [-0.39, 0.29) is 5.82 Å². The van der Waals surface area contributed by atoms with Gasteiger partial charge in [-0.25, -0.2) is 4.39 Å². The molecule has 2 aromatic rings. The van der Waals surface area contributed by atoms with Gasteiger partial charge in [-0.2, -0.15) is 0 Å². The van der Waals surface area contributed by atoms with E-state index in [1.165, 1.54) is 16.5 Å². The first kappa shape index (κ1) is 16.1. The van der Waals surface area contributed by atoms with Crippen molar-refractivity contribution in [2.45, 2.75) is 37.0 Å². The summed E-state index contributed by atoms with van der Waals surface area (Å²) >= 11 is 1.73. The van der Waals surface area contributed by atoms with Crippen molar-refractivity contribution in [3.05, 3.63) is 65.5 Å². The summed E-state index contributed by atoms with van der Waals surface area (Å²) in [5.41, 5.74) is 2.32. The number of rotatable bonds is 7. The Morgan fingerprint density at radius 1 is 1.14 bits per heavy atom. The van der Waals surface area contributed by atoms with Gasteiger partial charge < -0.3 is 5.32 Å². The molecule has 1 atom stereocenters. The van der Waals surface area contributed by atoms with Gasteiger partial charge in [0.1, 0.15) is 5.82 Å². The highest BCUT2D eigenvalue weighted by atomic mass is 32.2. The van der Waals surface area contributed by atoms with Gasteiger partial charge in [0.05, 0.1) is 0 Å². The average molecular weight is 303 g/mol. The average Bonchev–Trinajstić information content (AvgIpc) is 2.51. The monoisotopic (exact) mass is 303 g/mol. The maximum atomic E-state index is 13.1. The Balaban J connectivity index is 1.90. The molecule has 0 radical (unpaired) electrons. The summed E-state index contributed by atoms with van der Waals surface area (Å²) in [6.45, 7) is 5.40. The van der Waals surface area contributed by atoms with E-state index in [9.17, 15) is 4.39 Å². The summed E-state index contributed by atoms with van der Waals surface area (Å²) in [5.74, 6) is 0.625. The van der Waals surface area contributed by atoms with Gasteiger partial charge in [-0.3, -0.25) is 0 Å². The molecule has 0 spiro atoms. The molecular weight excluding hydrogens is 281 g/mol. The van der Waals surface area contributed by atoms with Crippen LogP contribution in [0.4, 0.5) is 4.39 Å². The van der Waals surface area contributed by atoms with Crippen molar-refractivity contribution in [2.24, 2.45) is 0 Å². The molecular formula is C18H22FNS. The van der Waals surface area contributed by atoms with E-state index >= 15 is 0 Å². The minimum Gasteiger partial charge on any atom is -0.310 e. The van der Waals surface area contributed by atoms with Crippen LogP contribution in [-0.2, 0) is 5.75 Å². The quantitative estimate of drug-likeness (QED) is 0.707. The van der Waals surface area contributed by atoms with Crippen LogP contribution >= 0.6 is 11.8 Å². The molecule has 1 nitrogen and oxygen atoms in total. The molecule has 0 heterocycles. The Morgan fingerprint density at radius 3 is 2.57 bits per heavy atom. The van der Waals surface area contributed by atoms with Crippen molar-refractivity contribution in [1.29, 1.82) is 0 Å². The predicted octanol–water partition coefficient (Wildman–Crippen LogP) is 5.18. The Kier molecular flexibility index (Phi) is 6.27. The molecule has 0 aromatic heterocycles. The number of thioether (sulfide) groups is 1. The van der Waals surface area contributed by atoms with Crippen molar-refractivity contribution in [1.82, 2.24) is 5.32 Å². The van der Waals surface area contributed by atoms with Gasteiger partial charge in [0.25, 0.3) is 0 Å². The molecule has 112 valence electrons. The number of benzene rings is 2. The van der Waals surface area contributed by atoms with Crippen molar-refractivity contribution in [3.8, 4) is 0 Å². The first-order valence-corrected chi connectivity index (χ1v) is 8.38. The fraction of sp³-hybridized carbons (Fsp3) is 0.333. The first-order chi connectivity index (χ1) is 10.2. The van der Waals surface area contributed by atoms with Crippen molar-refractivity contribution in [3.63, 3.8) is 0 Å². The highest BCUT2D eigenvalue weighted by Crippen LogP contribution is 2.24. The summed E-state index contributed by atoms with van der Waals surface area (Å²) in [6.07, 6.45) is 1.14. The van der Waals surface area contributed by atoms with Gasteiger partial charge in [0, 0.05) is 16.7 Å². The lowest BCUT2D eigenvalue weighted by atomic mass is 10.1. The summed E-state index contributed by atoms with van der Waals surface area (Å²) < 4.78 is 13.1. The molecule has 0 aliphatic heterocycles. The molecule has 1 unspecified atom stereocenters. The lowest BCUT2D eigenvalue weighted by Crippen LogP contribution is -2.19. The van der Waals surface area contributed by atoms with Crippen LogP contribution in [0.5, 0.6) is 0 Å². The first-order valence-electron chi connectivity index (χ1n) is 7.39. The van der Waals surface area contributed by atoms with Gasteiger partial charge in [-0.1, -0.05) is 31.2 Å². The van der Waals surface area contributed by atoms with E-state index in [0.29, 0.717) is 6.04 Å². The second-order valence-electron chi connectivity index (χ2n) is 5.16. The fourth-order valence-electron chi connectivity index (χ4n) is 2.12. The molecule has 0 saturated carbocycles. The van der Waals surface area contributed by atoms with Crippen LogP contribution < -0.4 is 5.32 Å². The molecule has 0 bridgehead atoms. The van der Waals surface area contributed by atoms with Crippen LogP contribution in [0.15, 0.2) is 53.4 Å². The predicted molar refractivity (Wildman–Crippen MR) is 89.1 cm³/mol. The lowest BCUT2D eigenvalue weighted by molar-refractivity contribution is 0.570. The largest absolute Gasteiger partial charge is 0.310 e. The van der Waals surface area contributed by atoms with Crippen LogP contribution in [0.2, 0.25) is 0 Å². The topological polar surface area (TPSA) is 12.0 Å². The zero-order chi connectivity index (χ0) is 15.1. The van der Waals surface area contributed by atoms with E-state index in [1.54, 1.807) is 23.9 Å². The van der Waals surface area contributed by atoms with Crippen LogP contribution in [-0.4, -0.2) is 6.54 Å². The third-order valence-corrected chi connectivity index (χ3v) is 4.46. The van der Waals surface area contributed by atoms with Crippen molar-refractivity contribution in [2.75, 3.05) is 6.54 Å². The highest BCUT2D eigenvalue weighted by molar-refractivity contribution is 7.98. The smallest absolute Gasteiger partial charge is 0.123 e. The van der Waals surface area contributed by atoms with Crippen LogP contribution in [0.25, 0.3) is 0 Å². The van der Waals surface area contributed by atoms with Crippen LogP contribution in [0.1, 0.15) is 37.4 Å². The molecule has 2 rings (SSSR count). The molecule has 2 aromatic carbocycles. The van der Waals surface area contributed by atoms with E-state index in [2.05, 4.69) is 43.4 Å². The zero-order valence-electron chi connectivity index (χ0n) is 12.6. The molecule has 3 heteroatoms. The van der Waals surface area contributed by atoms with Gasteiger partial charge >= 0.3 is 0 Å². The third kappa shape index (κ3) is 5.18. The summed E-state index contributed by atoms with van der Waals surface area (Å²) in [6, 6.07) is 15.8. The SMILES string of the molecule is CCCNC(C)c1ccc(SCc2cccc(F)c2)cc1. The van der Waals surface area contributed by atoms with Crippen molar-refractivity contribution >= 4 is 11.8 Å². The molecule has 1 N–H and O–H groups in total. The third-order valence-electron chi connectivity index (χ3n) is 3.38. The number of halogens is 1. The van der Waals surface area contributed by atoms with Gasteiger partial charge in [0.15, 0.2) is 0 Å². The van der Waals surface area contributed by atoms with E-state index in [4.69, 9.17) is 0 Å². The standard InChI is InChI=1S/C18H22FNS/c1-3-11-20-14(2)16-7-9-18(10-8-16)21-13-15-5-4-6-17(19)12-15/h4-10,12,14,20H,3,11,13H2,1-2H3. The van der Waals surface area contributed by atoms with Crippen LogP contribution in [0.3, 0.4) is 0 Å². The van der Waals surface area contributed by atoms with Gasteiger partial charge in [-0.15, -0.1) is 11.8 Å². The van der Waals surface area contributed by atoms with Crippen LogP contribution in [0, 0.1) is 5.82 Å².